The molecular weight excluding hydrogens is 218 g/mol. The van der Waals surface area contributed by atoms with Crippen molar-refractivity contribution in [2.75, 3.05) is 0 Å². The topological polar surface area (TPSA) is 84.2 Å². The third-order valence-electron chi connectivity index (χ3n) is 3.56. The Labute approximate surface area is 102 Å². The Morgan fingerprint density at radius 2 is 2.06 bits per heavy atom. The highest BCUT2D eigenvalue weighted by atomic mass is 16.2. The van der Waals surface area contributed by atoms with Crippen LogP contribution >= 0.6 is 0 Å². The van der Waals surface area contributed by atoms with Gasteiger partial charge in [-0.3, -0.25) is 9.59 Å². The highest BCUT2D eigenvalue weighted by Gasteiger charge is 2.35. The zero-order chi connectivity index (χ0) is 12.5. The molecule has 5 nitrogen and oxygen atoms in total. The summed E-state index contributed by atoms with van der Waals surface area (Å²) in [5.41, 5.74) is 5.66. The molecule has 0 radical (unpaired) electrons. The van der Waals surface area contributed by atoms with Gasteiger partial charge in [-0.15, -0.1) is 0 Å². The number of carbonyl (C=O) groups is 2. The zero-order valence-corrected chi connectivity index (χ0v) is 10.3. The average molecular weight is 239 g/mol. The van der Waals surface area contributed by atoms with Gasteiger partial charge in [-0.05, 0) is 39.0 Å². The predicted molar refractivity (Wildman–Crippen MR) is 64.2 cm³/mol. The summed E-state index contributed by atoms with van der Waals surface area (Å²) in [7, 11) is 0. The Hall–Kier alpha value is -1.10. The summed E-state index contributed by atoms with van der Waals surface area (Å²) in [5.74, 6) is -0.217. The molecule has 2 saturated carbocycles. The molecule has 0 aromatic heterocycles. The van der Waals surface area contributed by atoms with Crippen molar-refractivity contribution >= 4 is 11.8 Å². The van der Waals surface area contributed by atoms with Crippen molar-refractivity contribution in [3.05, 3.63) is 0 Å². The van der Waals surface area contributed by atoms with Crippen LogP contribution in [0.3, 0.4) is 0 Å². The van der Waals surface area contributed by atoms with Gasteiger partial charge in [0.15, 0.2) is 0 Å². The van der Waals surface area contributed by atoms with E-state index in [0.717, 1.165) is 32.1 Å². The molecule has 2 fully saturated rings. The second-order valence-electron chi connectivity index (χ2n) is 5.46. The number of hydrogen-bond donors (Lipinski definition) is 3. The third-order valence-corrected chi connectivity index (χ3v) is 3.56. The van der Waals surface area contributed by atoms with Gasteiger partial charge < -0.3 is 16.4 Å². The maximum Gasteiger partial charge on any atom is 0.242 e. The van der Waals surface area contributed by atoms with Crippen molar-refractivity contribution in [2.24, 2.45) is 5.73 Å². The van der Waals surface area contributed by atoms with E-state index in [4.69, 9.17) is 5.73 Å². The van der Waals surface area contributed by atoms with Gasteiger partial charge in [0.05, 0.1) is 0 Å². The molecule has 0 aromatic carbocycles. The van der Waals surface area contributed by atoms with Crippen LogP contribution in [0.25, 0.3) is 0 Å². The molecule has 0 heterocycles. The Morgan fingerprint density at radius 1 is 1.41 bits per heavy atom. The Kier molecular flexibility index (Phi) is 3.38. The van der Waals surface area contributed by atoms with Gasteiger partial charge >= 0.3 is 0 Å². The molecule has 0 aromatic rings. The fraction of sp³-hybridized carbons (Fsp3) is 0.833. The zero-order valence-electron chi connectivity index (χ0n) is 10.3. The number of amides is 2. The molecule has 4 N–H and O–H groups in total. The normalized spacial score (nSPS) is 23.4. The second-order valence-corrected chi connectivity index (χ2v) is 5.46. The van der Waals surface area contributed by atoms with Crippen LogP contribution < -0.4 is 16.4 Å². The van der Waals surface area contributed by atoms with Crippen molar-refractivity contribution in [2.45, 2.75) is 63.1 Å². The molecule has 0 aliphatic heterocycles. The van der Waals surface area contributed by atoms with Gasteiger partial charge in [0.1, 0.15) is 6.04 Å². The molecule has 0 spiro atoms. The lowest BCUT2D eigenvalue weighted by Gasteiger charge is -2.37. The molecule has 1 atom stereocenters. The van der Waals surface area contributed by atoms with Gasteiger partial charge in [0, 0.05) is 18.0 Å². The fourth-order valence-corrected chi connectivity index (χ4v) is 2.04. The average Bonchev–Trinajstić information content (AvgIpc) is 2.98. The molecule has 0 saturated heterocycles. The molecule has 2 aliphatic carbocycles. The summed E-state index contributed by atoms with van der Waals surface area (Å²) in [5, 5.41) is 5.57. The number of nitrogens with one attached hydrogen (secondary N) is 2. The van der Waals surface area contributed by atoms with Crippen molar-refractivity contribution in [3.63, 3.8) is 0 Å². The molecule has 96 valence electrons. The van der Waals surface area contributed by atoms with Crippen LogP contribution in [-0.2, 0) is 9.59 Å². The lowest BCUT2D eigenvalue weighted by atomic mass is 9.75. The minimum absolute atomic E-state index is 0.0967. The number of carbonyl (C=O) groups excluding carboxylic acids is 2. The number of nitrogens with two attached hydrogens (primary N) is 1. The third kappa shape index (κ3) is 3.43. The van der Waals surface area contributed by atoms with Crippen molar-refractivity contribution < 1.29 is 9.59 Å². The highest BCUT2D eigenvalue weighted by Crippen LogP contribution is 2.31. The van der Waals surface area contributed by atoms with Crippen LogP contribution in [0.2, 0.25) is 0 Å². The highest BCUT2D eigenvalue weighted by molar-refractivity contribution is 5.87. The maximum absolute atomic E-state index is 11.7. The van der Waals surface area contributed by atoms with E-state index in [9.17, 15) is 9.59 Å². The van der Waals surface area contributed by atoms with E-state index in [1.165, 1.54) is 0 Å². The predicted octanol–water partition coefficient (Wildman–Crippen LogP) is 0.0412. The number of rotatable bonds is 5. The Morgan fingerprint density at radius 3 is 2.53 bits per heavy atom. The monoisotopic (exact) mass is 239 g/mol. The van der Waals surface area contributed by atoms with E-state index in [-0.39, 0.29) is 17.4 Å². The maximum atomic E-state index is 11.7. The smallest absolute Gasteiger partial charge is 0.242 e. The largest absolute Gasteiger partial charge is 0.352 e. The van der Waals surface area contributed by atoms with Crippen molar-refractivity contribution in [3.8, 4) is 0 Å². The van der Waals surface area contributed by atoms with E-state index in [1.807, 2.05) is 0 Å². The molecule has 0 bridgehead atoms. The first-order valence-corrected chi connectivity index (χ1v) is 6.37. The van der Waals surface area contributed by atoms with E-state index in [2.05, 4.69) is 10.6 Å². The van der Waals surface area contributed by atoms with Crippen molar-refractivity contribution in [1.29, 1.82) is 0 Å². The first kappa shape index (κ1) is 12.4. The van der Waals surface area contributed by atoms with Crippen LogP contribution in [0, 0.1) is 0 Å². The summed E-state index contributed by atoms with van der Waals surface area (Å²) in [6, 6.07) is -0.138. The molecule has 17 heavy (non-hydrogen) atoms. The lowest BCUT2D eigenvalue weighted by Crippen LogP contribution is -2.52. The standard InChI is InChI=1S/C12H21N3O2/c1-8(11(17)15-9-3-4-9)14-10(16)7-12(13)5-2-6-12/h8-9H,2-7,13H2,1H3,(H,14,16)(H,15,17). The van der Waals surface area contributed by atoms with Gasteiger partial charge in [-0.2, -0.15) is 0 Å². The molecule has 5 heteroatoms. The van der Waals surface area contributed by atoms with Crippen LogP contribution in [0.5, 0.6) is 0 Å². The summed E-state index contributed by atoms with van der Waals surface area (Å²) in [4.78, 5) is 23.3. The Bertz CT molecular complexity index is 322. The molecule has 2 amide bonds. The lowest BCUT2D eigenvalue weighted by molar-refractivity contribution is -0.129. The van der Waals surface area contributed by atoms with E-state index >= 15 is 0 Å². The minimum atomic E-state index is -0.466. The van der Waals surface area contributed by atoms with Crippen molar-refractivity contribution in [1.82, 2.24) is 10.6 Å². The van der Waals surface area contributed by atoms with Gasteiger partial charge in [0.2, 0.25) is 11.8 Å². The summed E-state index contributed by atoms with van der Waals surface area (Å²) in [6.45, 7) is 1.71. The van der Waals surface area contributed by atoms with Crippen LogP contribution in [0.15, 0.2) is 0 Å². The molecular formula is C12H21N3O2. The van der Waals surface area contributed by atoms with E-state index < -0.39 is 6.04 Å². The second kappa shape index (κ2) is 4.64. The first-order chi connectivity index (χ1) is 7.98. The summed E-state index contributed by atoms with van der Waals surface area (Å²) < 4.78 is 0. The SMILES string of the molecule is CC(NC(=O)CC1(N)CCC1)C(=O)NC1CC1. The first-order valence-electron chi connectivity index (χ1n) is 6.37. The summed E-state index contributed by atoms with van der Waals surface area (Å²) in [6.07, 6.45) is 5.35. The van der Waals surface area contributed by atoms with E-state index in [0.29, 0.717) is 12.5 Å². The van der Waals surface area contributed by atoms with E-state index in [1.54, 1.807) is 6.92 Å². The van der Waals surface area contributed by atoms with Gasteiger partial charge in [0.25, 0.3) is 0 Å². The number of hydrogen-bond acceptors (Lipinski definition) is 3. The van der Waals surface area contributed by atoms with Gasteiger partial charge in [-0.1, -0.05) is 0 Å². The van der Waals surface area contributed by atoms with Crippen LogP contribution in [0.1, 0.15) is 45.4 Å². The van der Waals surface area contributed by atoms with Gasteiger partial charge in [-0.25, -0.2) is 0 Å². The minimum Gasteiger partial charge on any atom is -0.352 e. The quantitative estimate of drug-likeness (QED) is 0.633. The molecule has 2 aliphatic rings. The summed E-state index contributed by atoms with van der Waals surface area (Å²) >= 11 is 0. The molecule has 2 rings (SSSR count). The molecule has 1 unspecified atom stereocenters. The fourth-order valence-electron chi connectivity index (χ4n) is 2.04. The van der Waals surface area contributed by atoms with Crippen LogP contribution in [0.4, 0.5) is 0 Å². The van der Waals surface area contributed by atoms with Crippen LogP contribution in [-0.4, -0.2) is 29.4 Å². The Balaban J connectivity index is 1.71.